The van der Waals surface area contributed by atoms with Gasteiger partial charge in [0.25, 0.3) is 0 Å². The van der Waals surface area contributed by atoms with Crippen LogP contribution in [-0.2, 0) is 16.6 Å². The number of nitrogens with zero attached hydrogens (tertiary/aromatic N) is 2. The highest BCUT2D eigenvalue weighted by Gasteiger charge is 2.39. The van der Waals surface area contributed by atoms with E-state index in [9.17, 15) is 10.2 Å². The quantitative estimate of drug-likeness (QED) is 0.304. The first-order valence-electron chi connectivity index (χ1n) is 14.8. The molecule has 1 aliphatic carbocycles. The van der Waals surface area contributed by atoms with Crippen molar-refractivity contribution in [1.82, 2.24) is 9.97 Å². The molecule has 0 aromatic carbocycles. The molecule has 0 bridgehead atoms. The van der Waals surface area contributed by atoms with Gasteiger partial charge in [0.2, 0.25) is 0 Å². The highest BCUT2D eigenvalue weighted by Crippen LogP contribution is 2.48. The number of hydrogen-bond acceptors (Lipinski definition) is 7. The van der Waals surface area contributed by atoms with Crippen LogP contribution in [-0.4, -0.2) is 39.7 Å². The van der Waals surface area contributed by atoms with Gasteiger partial charge >= 0.3 is 0 Å². The predicted molar refractivity (Wildman–Crippen MR) is 174 cm³/mol. The van der Waals surface area contributed by atoms with Crippen molar-refractivity contribution in [2.75, 3.05) is 19.5 Å². The molecule has 0 saturated heterocycles. The van der Waals surface area contributed by atoms with Crippen LogP contribution in [0.3, 0.4) is 0 Å². The van der Waals surface area contributed by atoms with E-state index in [1.54, 1.807) is 17.6 Å². The third-order valence-electron chi connectivity index (χ3n) is 7.44. The van der Waals surface area contributed by atoms with Crippen LogP contribution in [0.4, 0.5) is 0 Å². The molecule has 3 heterocycles. The maximum atomic E-state index is 11.9. The number of thiol groups is 1. The molecule has 40 heavy (non-hydrogen) atoms. The summed E-state index contributed by atoms with van der Waals surface area (Å²) in [5.74, 6) is 0.125. The number of aliphatic hydroxyl groups is 2. The SMILES string of the molecule is CCCC.CS.Cc1nc([C@H](O)c2c(C(C)C)nc3c(c2C2=CCOCC2)C(O)CC(C)(C)C3)sc1C(C)(C)C. The molecule has 7 heteroatoms. The Morgan fingerprint density at radius 2 is 1.77 bits per heavy atom. The Hall–Kier alpha value is -1.25. The highest BCUT2D eigenvalue weighted by atomic mass is 32.1. The van der Waals surface area contributed by atoms with Crippen LogP contribution >= 0.6 is 24.0 Å². The summed E-state index contributed by atoms with van der Waals surface area (Å²) < 4.78 is 5.62. The van der Waals surface area contributed by atoms with Gasteiger partial charge in [0.05, 0.1) is 30.7 Å². The Kier molecular flexibility index (Phi) is 12.9. The van der Waals surface area contributed by atoms with E-state index in [1.165, 1.54) is 17.7 Å². The molecule has 1 aliphatic heterocycles. The Balaban J connectivity index is 0.000000858. The lowest BCUT2D eigenvalue weighted by molar-refractivity contribution is 0.0970. The van der Waals surface area contributed by atoms with Gasteiger partial charge in [-0.2, -0.15) is 12.6 Å². The van der Waals surface area contributed by atoms with Gasteiger partial charge in [-0.3, -0.25) is 4.98 Å². The molecule has 1 unspecified atom stereocenters. The summed E-state index contributed by atoms with van der Waals surface area (Å²) in [6, 6.07) is 0. The zero-order valence-electron chi connectivity index (χ0n) is 26.8. The number of fused-ring (bicyclic) bond motifs is 1. The van der Waals surface area contributed by atoms with Gasteiger partial charge in [0.15, 0.2) is 0 Å². The predicted octanol–water partition coefficient (Wildman–Crippen LogP) is 8.51. The van der Waals surface area contributed by atoms with Crippen LogP contribution in [0.2, 0.25) is 0 Å². The van der Waals surface area contributed by atoms with Crippen molar-refractivity contribution >= 4 is 29.5 Å². The summed E-state index contributed by atoms with van der Waals surface area (Å²) in [6.45, 7) is 22.8. The number of thiazole rings is 1. The van der Waals surface area contributed by atoms with E-state index in [0.717, 1.165) is 52.2 Å². The first kappa shape index (κ1) is 34.9. The van der Waals surface area contributed by atoms with E-state index in [1.807, 2.05) is 6.92 Å². The monoisotopic (exact) mass is 590 g/mol. The Bertz CT molecular complexity index is 1140. The van der Waals surface area contributed by atoms with Crippen molar-refractivity contribution in [3.8, 4) is 0 Å². The van der Waals surface area contributed by atoms with E-state index in [0.29, 0.717) is 24.6 Å². The lowest BCUT2D eigenvalue weighted by atomic mass is 9.71. The average Bonchev–Trinajstić information content (AvgIpc) is 3.30. The fourth-order valence-corrected chi connectivity index (χ4v) is 6.62. The third kappa shape index (κ3) is 8.19. The minimum Gasteiger partial charge on any atom is -0.388 e. The summed E-state index contributed by atoms with van der Waals surface area (Å²) in [7, 11) is 0. The molecule has 2 atom stereocenters. The molecule has 2 aliphatic rings. The van der Waals surface area contributed by atoms with E-state index < -0.39 is 12.2 Å². The molecule has 0 fully saturated rings. The number of aliphatic hydroxyl groups excluding tert-OH is 2. The molecule has 4 rings (SSSR count). The lowest BCUT2D eigenvalue weighted by Gasteiger charge is -2.38. The second kappa shape index (κ2) is 14.8. The lowest BCUT2D eigenvalue weighted by Crippen LogP contribution is -2.30. The van der Waals surface area contributed by atoms with Crippen LogP contribution in [0.25, 0.3) is 5.57 Å². The van der Waals surface area contributed by atoms with Gasteiger partial charge in [-0.1, -0.05) is 81.2 Å². The molecule has 2 aromatic heterocycles. The zero-order chi connectivity index (χ0) is 30.4. The molecule has 5 nitrogen and oxygen atoms in total. The largest absolute Gasteiger partial charge is 0.388 e. The first-order chi connectivity index (χ1) is 18.7. The summed E-state index contributed by atoms with van der Waals surface area (Å²) >= 11 is 5.12. The average molecular weight is 591 g/mol. The smallest absolute Gasteiger partial charge is 0.133 e. The summed E-state index contributed by atoms with van der Waals surface area (Å²) in [4.78, 5) is 11.2. The Morgan fingerprint density at radius 1 is 1.15 bits per heavy atom. The van der Waals surface area contributed by atoms with Gasteiger partial charge in [0, 0.05) is 21.7 Å². The van der Waals surface area contributed by atoms with Crippen LogP contribution < -0.4 is 0 Å². The van der Waals surface area contributed by atoms with Gasteiger partial charge in [-0.25, -0.2) is 4.98 Å². The normalized spacial score (nSPS) is 19.1. The zero-order valence-corrected chi connectivity index (χ0v) is 28.5. The van der Waals surface area contributed by atoms with Crippen molar-refractivity contribution in [3.63, 3.8) is 0 Å². The Labute approximate surface area is 253 Å². The fourth-order valence-electron chi connectivity index (χ4n) is 5.50. The van der Waals surface area contributed by atoms with Gasteiger partial charge < -0.3 is 14.9 Å². The van der Waals surface area contributed by atoms with Crippen LogP contribution in [0.15, 0.2) is 6.08 Å². The number of pyridine rings is 1. The molecular weight excluding hydrogens is 537 g/mol. The van der Waals surface area contributed by atoms with Crippen LogP contribution in [0, 0.1) is 12.3 Å². The van der Waals surface area contributed by atoms with Gasteiger partial charge in [0.1, 0.15) is 11.1 Å². The molecular formula is C33H54N2O3S2. The van der Waals surface area contributed by atoms with Crippen molar-refractivity contribution in [1.29, 1.82) is 0 Å². The Morgan fingerprint density at radius 3 is 2.25 bits per heavy atom. The fraction of sp³-hybridized carbons (Fsp3) is 0.697. The molecule has 0 spiro atoms. The second-order valence-corrected chi connectivity index (χ2v) is 14.1. The van der Waals surface area contributed by atoms with Gasteiger partial charge in [-0.15, -0.1) is 11.3 Å². The number of ether oxygens (including phenoxy) is 1. The molecule has 226 valence electrons. The number of rotatable bonds is 5. The van der Waals surface area contributed by atoms with E-state index in [-0.39, 0.29) is 16.7 Å². The first-order valence-corrected chi connectivity index (χ1v) is 16.5. The minimum atomic E-state index is -0.893. The number of aryl methyl sites for hydroxylation is 1. The van der Waals surface area contributed by atoms with E-state index in [4.69, 9.17) is 14.7 Å². The molecule has 0 radical (unpaired) electrons. The summed E-state index contributed by atoms with van der Waals surface area (Å²) in [6.07, 6.45) is 7.19. The minimum absolute atomic E-state index is 0.0246. The molecule has 0 amide bonds. The number of unbranched alkanes of at least 4 members (excludes halogenated alkanes) is 1. The molecule has 2 N–H and O–H groups in total. The molecule has 2 aromatic rings. The topological polar surface area (TPSA) is 75.5 Å². The summed E-state index contributed by atoms with van der Waals surface area (Å²) in [5, 5.41) is 24.0. The van der Waals surface area contributed by atoms with Crippen LogP contribution in [0.5, 0.6) is 0 Å². The van der Waals surface area contributed by atoms with Gasteiger partial charge in [-0.05, 0) is 60.3 Å². The number of aromatic nitrogens is 2. The maximum absolute atomic E-state index is 11.9. The van der Waals surface area contributed by atoms with Crippen LogP contribution in [0.1, 0.15) is 150 Å². The van der Waals surface area contributed by atoms with E-state index in [2.05, 4.69) is 81.0 Å². The maximum Gasteiger partial charge on any atom is 0.133 e. The standard InChI is InChI=1S/C28H40N2O3S.C4H10.CH4S/c1-15(2)23-22(24(32)26-29-16(3)25(34-26)27(4,5)6)20(17-9-11-33-12-10-17)21-18(30-23)13-28(7,8)14-19(21)31;1-3-4-2;1-2/h9,15,19,24,31-32H,10-14H2,1-8H3;3-4H2,1-2H3;2H,1H3/t19?,24-;;/m1../s1. The van der Waals surface area contributed by atoms with Crippen molar-refractivity contribution < 1.29 is 14.9 Å². The van der Waals surface area contributed by atoms with Crippen molar-refractivity contribution in [2.45, 2.75) is 125 Å². The third-order valence-corrected chi connectivity index (χ3v) is 9.07. The number of hydrogen-bond donors (Lipinski definition) is 3. The second-order valence-electron chi connectivity index (χ2n) is 13.0. The highest BCUT2D eigenvalue weighted by molar-refractivity contribution is 7.79. The summed E-state index contributed by atoms with van der Waals surface area (Å²) in [5.41, 5.74) is 6.62. The van der Waals surface area contributed by atoms with E-state index >= 15 is 0 Å². The molecule has 0 saturated carbocycles. The van der Waals surface area contributed by atoms with Crippen molar-refractivity contribution in [3.05, 3.63) is 49.7 Å². The van der Waals surface area contributed by atoms with Crippen molar-refractivity contribution in [2.24, 2.45) is 5.41 Å².